The van der Waals surface area contributed by atoms with Crippen molar-refractivity contribution < 1.29 is 18.7 Å². The molecule has 176 valence electrons. The molecule has 1 heterocycles. The van der Waals surface area contributed by atoms with Gasteiger partial charge in [-0.05, 0) is 31.9 Å². The highest BCUT2D eigenvalue weighted by Gasteiger charge is 2.22. The minimum Gasteiger partial charge on any atom is -0.497 e. The van der Waals surface area contributed by atoms with Crippen LogP contribution in [0.4, 0.5) is 0 Å². The molecule has 0 fully saturated rings. The molecule has 7 heteroatoms. The second-order valence-corrected chi connectivity index (χ2v) is 8.08. The standard InChI is InChI=1S/C26H33N3O4/c1-6-18(2)27-26(30)23-17-33-25(28-23)16-29(19(3)20-10-8-7-9-11-20)15-21-12-13-22(31-4)14-24(21)32-5/h7-14,17-19H,6,15-16H2,1-5H3,(H,27,30)/t18-,19+/m0/s1. The van der Waals surface area contributed by atoms with Crippen molar-refractivity contribution in [1.82, 2.24) is 15.2 Å². The van der Waals surface area contributed by atoms with Crippen molar-refractivity contribution in [2.45, 2.75) is 52.4 Å². The minimum absolute atomic E-state index is 0.0716. The van der Waals surface area contributed by atoms with Gasteiger partial charge >= 0.3 is 0 Å². The van der Waals surface area contributed by atoms with Crippen LogP contribution in [0.15, 0.2) is 59.2 Å². The van der Waals surface area contributed by atoms with Crippen LogP contribution >= 0.6 is 0 Å². The van der Waals surface area contributed by atoms with Gasteiger partial charge in [-0.1, -0.05) is 43.3 Å². The van der Waals surface area contributed by atoms with E-state index in [2.05, 4.69) is 34.3 Å². The average Bonchev–Trinajstić information content (AvgIpc) is 3.32. The molecule has 1 amide bonds. The molecule has 2 aromatic carbocycles. The lowest BCUT2D eigenvalue weighted by molar-refractivity contribution is 0.0934. The van der Waals surface area contributed by atoms with Crippen molar-refractivity contribution in [3.8, 4) is 11.5 Å². The Labute approximate surface area is 195 Å². The number of oxazole rings is 1. The highest BCUT2D eigenvalue weighted by atomic mass is 16.5. The van der Waals surface area contributed by atoms with E-state index in [-0.39, 0.29) is 18.0 Å². The maximum atomic E-state index is 12.4. The molecule has 0 aliphatic carbocycles. The van der Waals surface area contributed by atoms with Gasteiger partial charge in [0.05, 0.1) is 20.8 Å². The largest absolute Gasteiger partial charge is 0.497 e. The van der Waals surface area contributed by atoms with E-state index in [1.54, 1.807) is 14.2 Å². The summed E-state index contributed by atoms with van der Waals surface area (Å²) in [5.74, 6) is 1.75. The molecule has 1 N–H and O–H groups in total. The summed E-state index contributed by atoms with van der Waals surface area (Å²) in [6, 6.07) is 16.2. The number of benzene rings is 2. The molecule has 0 radical (unpaired) electrons. The molecule has 0 spiro atoms. The zero-order valence-corrected chi connectivity index (χ0v) is 20.0. The van der Waals surface area contributed by atoms with Gasteiger partial charge in [-0.2, -0.15) is 0 Å². The zero-order chi connectivity index (χ0) is 23.8. The molecule has 0 saturated carbocycles. The van der Waals surface area contributed by atoms with Crippen LogP contribution in [0.25, 0.3) is 0 Å². The molecule has 0 bridgehead atoms. The highest BCUT2D eigenvalue weighted by Crippen LogP contribution is 2.30. The number of amides is 1. The number of hydrogen-bond acceptors (Lipinski definition) is 6. The quantitative estimate of drug-likeness (QED) is 0.443. The number of aromatic nitrogens is 1. The molecule has 7 nitrogen and oxygen atoms in total. The number of rotatable bonds is 11. The molecular weight excluding hydrogens is 418 g/mol. The van der Waals surface area contributed by atoms with Gasteiger partial charge in [0.2, 0.25) is 5.89 Å². The molecule has 2 atom stereocenters. The summed E-state index contributed by atoms with van der Waals surface area (Å²) in [6.45, 7) is 7.16. The van der Waals surface area contributed by atoms with Gasteiger partial charge in [-0.25, -0.2) is 4.98 Å². The van der Waals surface area contributed by atoms with Crippen molar-refractivity contribution in [3.05, 3.63) is 77.5 Å². The predicted octanol–water partition coefficient (Wildman–Crippen LogP) is 4.98. The second-order valence-electron chi connectivity index (χ2n) is 8.08. The Morgan fingerprint density at radius 3 is 2.52 bits per heavy atom. The molecule has 0 aliphatic rings. The number of hydrogen-bond donors (Lipinski definition) is 1. The van der Waals surface area contributed by atoms with Crippen molar-refractivity contribution in [3.63, 3.8) is 0 Å². The fraction of sp³-hybridized carbons (Fsp3) is 0.385. The molecule has 3 aromatic rings. The van der Waals surface area contributed by atoms with E-state index in [9.17, 15) is 4.79 Å². The number of nitrogens with zero attached hydrogens (tertiary/aromatic N) is 2. The first-order valence-electron chi connectivity index (χ1n) is 11.2. The fourth-order valence-electron chi connectivity index (χ4n) is 3.53. The molecule has 0 saturated heterocycles. The first-order chi connectivity index (χ1) is 15.9. The fourth-order valence-corrected chi connectivity index (χ4v) is 3.53. The van der Waals surface area contributed by atoms with Gasteiger partial charge in [0.1, 0.15) is 17.8 Å². The maximum absolute atomic E-state index is 12.4. The zero-order valence-electron chi connectivity index (χ0n) is 20.0. The van der Waals surface area contributed by atoms with Gasteiger partial charge in [0, 0.05) is 30.3 Å². The Bertz CT molecular complexity index is 1040. The molecule has 0 aliphatic heterocycles. The van der Waals surface area contributed by atoms with Crippen LogP contribution in [0.1, 0.15) is 60.7 Å². The number of nitrogens with one attached hydrogen (secondary N) is 1. The van der Waals surface area contributed by atoms with Crippen LogP contribution in [0.2, 0.25) is 0 Å². The van der Waals surface area contributed by atoms with Crippen molar-refractivity contribution in [1.29, 1.82) is 0 Å². The normalized spacial score (nSPS) is 12.9. The van der Waals surface area contributed by atoms with Gasteiger partial charge in [0.15, 0.2) is 5.69 Å². The smallest absolute Gasteiger partial charge is 0.273 e. The van der Waals surface area contributed by atoms with Crippen LogP contribution in [0, 0.1) is 0 Å². The molecule has 3 rings (SSSR count). The third-order valence-electron chi connectivity index (χ3n) is 5.81. The molecule has 0 unspecified atom stereocenters. The molecule has 1 aromatic heterocycles. The van der Waals surface area contributed by atoms with Gasteiger partial charge in [0.25, 0.3) is 5.91 Å². The highest BCUT2D eigenvalue weighted by molar-refractivity contribution is 5.92. The van der Waals surface area contributed by atoms with Gasteiger partial charge in [-0.3, -0.25) is 9.69 Å². The number of carbonyl (C=O) groups excluding carboxylic acids is 1. The third kappa shape index (κ3) is 6.35. The monoisotopic (exact) mass is 451 g/mol. The van der Waals surface area contributed by atoms with E-state index < -0.39 is 0 Å². The van der Waals surface area contributed by atoms with Crippen LogP contribution in [0.3, 0.4) is 0 Å². The Kier molecular flexibility index (Phi) is 8.49. The third-order valence-corrected chi connectivity index (χ3v) is 5.81. The minimum atomic E-state index is -0.223. The molecule has 33 heavy (non-hydrogen) atoms. The van der Waals surface area contributed by atoms with Crippen molar-refractivity contribution >= 4 is 5.91 Å². The van der Waals surface area contributed by atoms with Gasteiger partial charge < -0.3 is 19.2 Å². The summed E-state index contributed by atoms with van der Waals surface area (Å²) >= 11 is 0. The summed E-state index contributed by atoms with van der Waals surface area (Å²) in [4.78, 5) is 19.1. The first-order valence-corrected chi connectivity index (χ1v) is 11.2. The topological polar surface area (TPSA) is 76.8 Å². The predicted molar refractivity (Wildman–Crippen MR) is 127 cm³/mol. The Morgan fingerprint density at radius 1 is 1.09 bits per heavy atom. The Balaban J connectivity index is 1.85. The second kappa shape index (κ2) is 11.5. The summed E-state index contributed by atoms with van der Waals surface area (Å²) < 4.78 is 16.6. The van der Waals surface area contributed by atoms with Crippen molar-refractivity contribution in [2.75, 3.05) is 14.2 Å². The van der Waals surface area contributed by atoms with E-state index in [4.69, 9.17) is 13.9 Å². The van der Waals surface area contributed by atoms with E-state index in [0.717, 1.165) is 23.5 Å². The van der Waals surface area contributed by atoms with E-state index in [1.807, 2.05) is 50.2 Å². The lowest BCUT2D eigenvalue weighted by atomic mass is 10.1. The molecular formula is C26H33N3O4. The summed E-state index contributed by atoms with van der Waals surface area (Å²) in [5, 5.41) is 2.92. The summed E-state index contributed by atoms with van der Waals surface area (Å²) in [6.07, 6.45) is 2.27. The van der Waals surface area contributed by atoms with Crippen LogP contribution in [0.5, 0.6) is 11.5 Å². The Hall–Kier alpha value is -3.32. The van der Waals surface area contributed by atoms with E-state index in [1.165, 1.54) is 11.8 Å². The lowest BCUT2D eigenvalue weighted by Gasteiger charge is -2.29. The van der Waals surface area contributed by atoms with Crippen molar-refractivity contribution in [2.24, 2.45) is 0 Å². The number of methoxy groups -OCH3 is 2. The summed E-state index contributed by atoms with van der Waals surface area (Å²) in [5.41, 5.74) is 2.48. The van der Waals surface area contributed by atoms with Crippen LogP contribution in [-0.2, 0) is 13.1 Å². The van der Waals surface area contributed by atoms with Crippen LogP contribution in [-0.4, -0.2) is 36.1 Å². The average molecular weight is 452 g/mol. The maximum Gasteiger partial charge on any atom is 0.273 e. The van der Waals surface area contributed by atoms with Gasteiger partial charge in [-0.15, -0.1) is 0 Å². The SMILES string of the molecule is CC[C@H](C)NC(=O)c1coc(CN(Cc2ccc(OC)cc2OC)[C@H](C)c2ccccc2)n1. The summed E-state index contributed by atoms with van der Waals surface area (Å²) in [7, 11) is 3.29. The van der Waals surface area contributed by atoms with E-state index >= 15 is 0 Å². The van der Waals surface area contributed by atoms with E-state index in [0.29, 0.717) is 24.7 Å². The number of ether oxygens (including phenoxy) is 2. The Morgan fingerprint density at radius 2 is 1.85 bits per heavy atom. The number of carbonyl (C=O) groups is 1. The lowest BCUT2D eigenvalue weighted by Crippen LogP contribution is -2.32. The van der Waals surface area contributed by atoms with Crippen LogP contribution < -0.4 is 14.8 Å². The first kappa shape index (κ1) is 24.3.